The molecule has 0 radical (unpaired) electrons. The van der Waals surface area contributed by atoms with E-state index in [2.05, 4.69) is 10.1 Å². The Bertz CT molecular complexity index is 884. The number of methoxy groups -OCH3 is 1. The van der Waals surface area contributed by atoms with Crippen molar-refractivity contribution in [2.24, 2.45) is 0 Å². The number of halogens is 1. The van der Waals surface area contributed by atoms with Crippen molar-refractivity contribution in [3.63, 3.8) is 0 Å². The average Bonchev–Trinajstić information content (AvgIpc) is 2.65. The number of anilines is 2. The zero-order valence-corrected chi connectivity index (χ0v) is 14.6. The molecule has 1 aliphatic heterocycles. The summed E-state index contributed by atoms with van der Waals surface area (Å²) >= 11 is 6.07. The van der Waals surface area contributed by atoms with Crippen LogP contribution in [0.5, 0.6) is 5.75 Å². The number of amides is 2. The lowest BCUT2D eigenvalue weighted by Gasteiger charge is -2.28. The van der Waals surface area contributed by atoms with Crippen LogP contribution in [0.1, 0.15) is 10.4 Å². The van der Waals surface area contributed by atoms with E-state index in [-0.39, 0.29) is 35.3 Å². The van der Waals surface area contributed by atoms with E-state index in [1.54, 1.807) is 24.3 Å². The summed E-state index contributed by atoms with van der Waals surface area (Å²) in [5, 5.41) is 2.88. The van der Waals surface area contributed by atoms with Crippen LogP contribution in [0, 0.1) is 0 Å². The minimum atomic E-state index is -0.547. The van der Waals surface area contributed by atoms with Crippen LogP contribution in [-0.2, 0) is 14.3 Å². The molecule has 2 amide bonds. The van der Waals surface area contributed by atoms with Crippen LogP contribution in [-0.4, -0.2) is 38.0 Å². The summed E-state index contributed by atoms with van der Waals surface area (Å²) in [5.74, 6) is -0.799. The predicted octanol–water partition coefficient (Wildman–Crippen LogP) is 2.49. The maximum atomic E-state index is 12.4. The summed E-state index contributed by atoms with van der Waals surface area (Å²) in [5.41, 5.74) is 1.03. The van der Waals surface area contributed by atoms with Gasteiger partial charge in [0.15, 0.2) is 6.61 Å². The van der Waals surface area contributed by atoms with Gasteiger partial charge >= 0.3 is 5.97 Å². The fraction of sp³-hybridized carbons (Fsp3) is 0.167. The van der Waals surface area contributed by atoms with Crippen LogP contribution in [0.15, 0.2) is 42.5 Å². The van der Waals surface area contributed by atoms with Gasteiger partial charge in [-0.05, 0) is 30.3 Å². The lowest BCUT2D eigenvalue weighted by Crippen LogP contribution is -2.43. The molecule has 0 aromatic heterocycles. The second-order valence-corrected chi connectivity index (χ2v) is 5.88. The highest BCUT2D eigenvalue weighted by atomic mass is 35.5. The number of hydrogen-bond acceptors (Lipinski definition) is 5. The van der Waals surface area contributed by atoms with Gasteiger partial charge in [-0.2, -0.15) is 0 Å². The van der Waals surface area contributed by atoms with E-state index in [4.69, 9.17) is 16.3 Å². The normalized spacial score (nSPS) is 12.8. The number of carbonyl (C=O) groups excluding carboxylic acids is 3. The maximum absolute atomic E-state index is 12.4. The molecule has 0 saturated heterocycles. The molecule has 0 bridgehead atoms. The van der Waals surface area contributed by atoms with E-state index >= 15 is 0 Å². The Morgan fingerprint density at radius 2 is 2.04 bits per heavy atom. The van der Waals surface area contributed by atoms with Crippen LogP contribution in [0.4, 0.5) is 11.4 Å². The number of para-hydroxylation sites is 2. The average molecular weight is 375 g/mol. The van der Waals surface area contributed by atoms with Gasteiger partial charge in [-0.25, -0.2) is 4.79 Å². The molecular formula is C18H15ClN2O5. The Morgan fingerprint density at radius 1 is 1.27 bits per heavy atom. The molecular weight excluding hydrogens is 360 g/mol. The summed E-state index contributed by atoms with van der Waals surface area (Å²) in [6, 6.07) is 11.4. The molecule has 2 aromatic carbocycles. The van der Waals surface area contributed by atoms with Crippen LogP contribution in [0.2, 0.25) is 5.02 Å². The first-order valence-electron chi connectivity index (χ1n) is 7.69. The first-order chi connectivity index (χ1) is 12.5. The Morgan fingerprint density at radius 3 is 2.81 bits per heavy atom. The Kier molecular flexibility index (Phi) is 5.09. The van der Waals surface area contributed by atoms with E-state index < -0.39 is 11.9 Å². The highest BCUT2D eigenvalue weighted by molar-refractivity contribution is 6.34. The molecule has 1 heterocycles. The number of carbonyl (C=O) groups is 3. The third-order valence-electron chi connectivity index (χ3n) is 3.77. The second-order valence-electron chi connectivity index (χ2n) is 5.47. The Hall–Kier alpha value is -3.06. The zero-order chi connectivity index (χ0) is 18.7. The molecule has 0 aliphatic carbocycles. The third-order valence-corrected chi connectivity index (χ3v) is 4.10. The zero-order valence-electron chi connectivity index (χ0n) is 13.8. The van der Waals surface area contributed by atoms with Crippen molar-refractivity contribution in [3.05, 3.63) is 53.1 Å². The molecule has 0 saturated carbocycles. The number of nitrogens with zero attached hydrogens (tertiary/aromatic N) is 1. The van der Waals surface area contributed by atoms with Crippen molar-refractivity contribution in [1.29, 1.82) is 0 Å². The molecule has 7 nitrogen and oxygen atoms in total. The van der Waals surface area contributed by atoms with Crippen molar-refractivity contribution in [2.75, 3.05) is 30.5 Å². The molecule has 0 fully saturated rings. The number of rotatable bonds is 4. The standard InChI is InChI=1S/C18H15ClN2O5/c1-25-18(24)11-6-7-12(19)13(8-11)20-16(22)9-21-14-4-2-3-5-15(14)26-10-17(21)23/h2-8H,9-10H2,1H3,(H,20,22). The number of fused-ring (bicyclic) bond motifs is 1. The third kappa shape index (κ3) is 3.62. The topological polar surface area (TPSA) is 84.9 Å². The van der Waals surface area contributed by atoms with Crippen molar-refractivity contribution in [3.8, 4) is 5.75 Å². The number of hydrogen-bond donors (Lipinski definition) is 1. The fourth-order valence-corrected chi connectivity index (χ4v) is 2.69. The highest BCUT2D eigenvalue weighted by Crippen LogP contribution is 2.31. The van der Waals surface area contributed by atoms with Crippen molar-refractivity contribution >= 4 is 40.8 Å². The van der Waals surface area contributed by atoms with Gasteiger partial charge in [0.1, 0.15) is 12.3 Å². The molecule has 1 aliphatic rings. The summed E-state index contributed by atoms with van der Waals surface area (Å²) in [6.07, 6.45) is 0. The van der Waals surface area contributed by atoms with Gasteiger partial charge in [0.2, 0.25) is 5.91 Å². The molecule has 0 unspecified atom stereocenters. The molecule has 134 valence electrons. The van der Waals surface area contributed by atoms with E-state index in [0.29, 0.717) is 11.4 Å². The van der Waals surface area contributed by atoms with E-state index in [0.717, 1.165) is 0 Å². The number of nitrogens with one attached hydrogen (secondary N) is 1. The monoisotopic (exact) mass is 374 g/mol. The van der Waals surface area contributed by atoms with Gasteiger partial charge in [0.05, 0.1) is 29.1 Å². The van der Waals surface area contributed by atoms with Crippen LogP contribution < -0.4 is 15.0 Å². The summed E-state index contributed by atoms with van der Waals surface area (Å²) in [7, 11) is 1.26. The van der Waals surface area contributed by atoms with Gasteiger partial charge in [-0.1, -0.05) is 23.7 Å². The van der Waals surface area contributed by atoms with Gasteiger partial charge < -0.3 is 14.8 Å². The van der Waals surface area contributed by atoms with Crippen LogP contribution >= 0.6 is 11.6 Å². The minimum absolute atomic E-state index is 0.136. The fourth-order valence-electron chi connectivity index (χ4n) is 2.53. The smallest absolute Gasteiger partial charge is 0.337 e. The molecule has 26 heavy (non-hydrogen) atoms. The lowest BCUT2D eigenvalue weighted by atomic mass is 10.2. The quantitative estimate of drug-likeness (QED) is 0.831. The number of ether oxygens (including phenoxy) is 2. The molecule has 2 aromatic rings. The van der Waals surface area contributed by atoms with Gasteiger partial charge in [0, 0.05) is 0 Å². The number of benzene rings is 2. The SMILES string of the molecule is COC(=O)c1ccc(Cl)c(NC(=O)CN2C(=O)COc3ccccc32)c1. The van der Waals surface area contributed by atoms with Crippen LogP contribution in [0.25, 0.3) is 0 Å². The lowest BCUT2D eigenvalue weighted by molar-refractivity contribution is -0.123. The summed E-state index contributed by atoms with van der Waals surface area (Å²) in [4.78, 5) is 37.5. The highest BCUT2D eigenvalue weighted by Gasteiger charge is 2.27. The second kappa shape index (κ2) is 7.45. The molecule has 1 N–H and O–H groups in total. The van der Waals surface area contributed by atoms with Gasteiger partial charge in [0.25, 0.3) is 5.91 Å². The van der Waals surface area contributed by atoms with Crippen LogP contribution in [0.3, 0.4) is 0 Å². The molecule has 0 atom stereocenters. The van der Waals surface area contributed by atoms with Gasteiger partial charge in [-0.15, -0.1) is 0 Å². The van der Waals surface area contributed by atoms with E-state index in [9.17, 15) is 14.4 Å². The molecule has 0 spiro atoms. The van der Waals surface area contributed by atoms with Crippen molar-refractivity contribution < 1.29 is 23.9 Å². The van der Waals surface area contributed by atoms with E-state index in [1.807, 2.05) is 0 Å². The number of esters is 1. The first-order valence-corrected chi connectivity index (χ1v) is 8.07. The first kappa shape index (κ1) is 17.8. The van der Waals surface area contributed by atoms with Crippen molar-refractivity contribution in [2.45, 2.75) is 0 Å². The van der Waals surface area contributed by atoms with E-state index in [1.165, 1.54) is 30.2 Å². The Balaban J connectivity index is 1.78. The van der Waals surface area contributed by atoms with Gasteiger partial charge in [-0.3, -0.25) is 14.5 Å². The largest absolute Gasteiger partial charge is 0.482 e. The summed E-state index contributed by atoms with van der Waals surface area (Å²) in [6.45, 7) is -0.346. The Labute approximate surface area is 154 Å². The van der Waals surface area contributed by atoms with Crippen molar-refractivity contribution in [1.82, 2.24) is 0 Å². The molecule has 3 rings (SSSR count). The minimum Gasteiger partial charge on any atom is -0.482 e. The molecule has 8 heteroatoms. The summed E-state index contributed by atoms with van der Waals surface area (Å²) < 4.78 is 9.99. The predicted molar refractivity (Wildman–Crippen MR) is 95.7 cm³/mol. The maximum Gasteiger partial charge on any atom is 0.337 e.